The van der Waals surface area contributed by atoms with E-state index < -0.39 is 0 Å². The Kier molecular flexibility index (Phi) is 5.42. The number of nitrogens with one attached hydrogen (secondary N) is 1. The quantitative estimate of drug-likeness (QED) is 0.849. The maximum absolute atomic E-state index is 13.3. The Balaban J connectivity index is 1.35. The Morgan fingerprint density at radius 3 is 2.50 bits per heavy atom. The molecule has 1 heterocycles. The fourth-order valence-electron chi connectivity index (χ4n) is 4.40. The number of nitrogens with zero attached hydrogens (tertiary/aromatic N) is 1. The summed E-state index contributed by atoms with van der Waals surface area (Å²) in [7, 11) is 0. The molecule has 0 bridgehead atoms. The van der Waals surface area contributed by atoms with Crippen LogP contribution < -0.4 is 10.2 Å². The minimum Gasteiger partial charge on any atom is -0.326 e. The number of fused-ring (bicyclic) bond motifs is 1. The number of carbonyl (C=O) groups excluding carboxylic acids is 2. The summed E-state index contributed by atoms with van der Waals surface area (Å²) in [5.41, 5.74) is 2.77. The third-order valence-corrected chi connectivity index (χ3v) is 5.92. The van der Waals surface area contributed by atoms with Gasteiger partial charge in [0.05, 0.1) is 0 Å². The lowest BCUT2D eigenvalue weighted by Crippen LogP contribution is -2.41. The van der Waals surface area contributed by atoms with Gasteiger partial charge < -0.3 is 10.2 Å². The van der Waals surface area contributed by atoms with Gasteiger partial charge in [0.15, 0.2) is 0 Å². The van der Waals surface area contributed by atoms with E-state index in [2.05, 4.69) is 11.4 Å². The van der Waals surface area contributed by atoms with E-state index in [1.807, 2.05) is 23.1 Å². The molecule has 1 N–H and O–H groups in total. The number of rotatable bonds is 3. The van der Waals surface area contributed by atoms with Crippen molar-refractivity contribution in [3.8, 4) is 0 Å². The molecule has 0 radical (unpaired) electrons. The molecular weight excluding hydrogens is 355 g/mol. The molecule has 0 aromatic heterocycles. The summed E-state index contributed by atoms with van der Waals surface area (Å²) < 4.78 is 13.3. The summed E-state index contributed by atoms with van der Waals surface area (Å²) in [6.07, 6.45) is 4.83. The molecule has 4 nitrogen and oxygen atoms in total. The second-order valence-corrected chi connectivity index (χ2v) is 7.77. The van der Waals surface area contributed by atoms with Crippen molar-refractivity contribution in [2.45, 2.75) is 38.5 Å². The molecule has 2 aliphatic rings. The zero-order chi connectivity index (χ0) is 19.5. The topological polar surface area (TPSA) is 49.4 Å². The zero-order valence-corrected chi connectivity index (χ0v) is 15.9. The highest BCUT2D eigenvalue weighted by atomic mass is 19.1. The van der Waals surface area contributed by atoms with Crippen LogP contribution in [0.2, 0.25) is 0 Å². The molecule has 2 amide bonds. The number of halogens is 1. The molecule has 5 heteroatoms. The van der Waals surface area contributed by atoms with E-state index in [1.54, 1.807) is 12.1 Å². The van der Waals surface area contributed by atoms with Gasteiger partial charge in [-0.15, -0.1) is 0 Å². The third-order valence-electron chi connectivity index (χ3n) is 5.92. The standard InChI is InChI=1S/C23H25FN2O2/c24-19-7-3-8-20(15-19)25-22(27)17-10-12-18(13-11-17)23(28)26-14-4-6-16-5-1-2-9-21(16)26/h1-3,5,7-9,15,17-18H,4,6,10-14H2,(H,25,27). The number of benzene rings is 2. The first-order chi connectivity index (χ1) is 13.6. The van der Waals surface area contributed by atoms with E-state index in [0.717, 1.165) is 37.9 Å². The number of hydrogen-bond donors (Lipinski definition) is 1. The van der Waals surface area contributed by atoms with Gasteiger partial charge >= 0.3 is 0 Å². The van der Waals surface area contributed by atoms with Gasteiger partial charge in [-0.05, 0) is 68.4 Å². The number of anilines is 2. The highest BCUT2D eigenvalue weighted by Crippen LogP contribution is 2.34. The minimum absolute atomic E-state index is 0.0237. The third kappa shape index (κ3) is 3.93. The van der Waals surface area contributed by atoms with Gasteiger partial charge in [-0.1, -0.05) is 24.3 Å². The molecule has 2 aromatic rings. The van der Waals surface area contributed by atoms with Gasteiger partial charge in [-0.3, -0.25) is 9.59 Å². The van der Waals surface area contributed by atoms with Gasteiger partial charge in [0, 0.05) is 29.8 Å². The van der Waals surface area contributed by atoms with Crippen LogP contribution in [0.3, 0.4) is 0 Å². The molecule has 0 spiro atoms. The van der Waals surface area contributed by atoms with E-state index in [0.29, 0.717) is 18.5 Å². The smallest absolute Gasteiger partial charge is 0.230 e. The molecule has 0 atom stereocenters. The lowest BCUT2D eigenvalue weighted by atomic mass is 9.80. The molecule has 0 unspecified atom stereocenters. The van der Waals surface area contributed by atoms with Crippen molar-refractivity contribution in [3.05, 3.63) is 59.9 Å². The molecule has 2 aromatic carbocycles. The molecule has 1 fully saturated rings. The summed E-state index contributed by atoms with van der Waals surface area (Å²) in [4.78, 5) is 27.5. The van der Waals surface area contributed by atoms with Crippen molar-refractivity contribution in [2.24, 2.45) is 11.8 Å². The summed E-state index contributed by atoms with van der Waals surface area (Å²) in [6, 6.07) is 14.1. The van der Waals surface area contributed by atoms with E-state index in [4.69, 9.17) is 0 Å². The first kappa shape index (κ1) is 18.7. The van der Waals surface area contributed by atoms with Crippen molar-refractivity contribution >= 4 is 23.2 Å². The van der Waals surface area contributed by atoms with E-state index in [1.165, 1.54) is 17.7 Å². The normalized spacial score (nSPS) is 21.7. The van der Waals surface area contributed by atoms with Gasteiger partial charge in [0.1, 0.15) is 5.82 Å². The average molecular weight is 380 g/mol. The van der Waals surface area contributed by atoms with E-state index in [-0.39, 0.29) is 29.5 Å². The number of hydrogen-bond acceptors (Lipinski definition) is 2. The second-order valence-electron chi connectivity index (χ2n) is 7.77. The van der Waals surface area contributed by atoms with Crippen LogP contribution in [0.5, 0.6) is 0 Å². The molecular formula is C23H25FN2O2. The molecule has 28 heavy (non-hydrogen) atoms. The summed E-state index contributed by atoms with van der Waals surface area (Å²) in [5, 5.41) is 2.80. The van der Waals surface area contributed by atoms with Crippen molar-refractivity contribution in [3.63, 3.8) is 0 Å². The Hall–Kier alpha value is -2.69. The highest BCUT2D eigenvalue weighted by Gasteiger charge is 2.33. The number of amides is 2. The first-order valence-corrected chi connectivity index (χ1v) is 10.1. The van der Waals surface area contributed by atoms with E-state index in [9.17, 15) is 14.0 Å². The lowest BCUT2D eigenvalue weighted by molar-refractivity contribution is -0.126. The minimum atomic E-state index is -0.367. The van der Waals surface area contributed by atoms with Crippen molar-refractivity contribution in [1.82, 2.24) is 0 Å². The van der Waals surface area contributed by atoms with Crippen LogP contribution >= 0.6 is 0 Å². The number of para-hydroxylation sites is 1. The van der Waals surface area contributed by atoms with Crippen molar-refractivity contribution < 1.29 is 14.0 Å². The molecule has 1 aliphatic heterocycles. The van der Waals surface area contributed by atoms with Gasteiger partial charge in [0.2, 0.25) is 11.8 Å². The molecule has 1 aliphatic carbocycles. The number of carbonyl (C=O) groups is 2. The lowest BCUT2D eigenvalue weighted by Gasteiger charge is -2.34. The largest absolute Gasteiger partial charge is 0.326 e. The summed E-state index contributed by atoms with van der Waals surface area (Å²) in [5.74, 6) is -0.407. The maximum atomic E-state index is 13.3. The van der Waals surface area contributed by atoms with Crippen LogP contribution in [0, 0.1) is 17.7 Å². The maximum Gasteiger partial charge on any atom is 0.230 e. The van der Waals surface area contributed by atoms with Crippen LogP contribution in [-0.4, -0.2) is 18.4 Å². The summed E-state index contributed by atoms with van der Waals surface area (Å²) in [6.45, 7) is 0.774. The van der Waals surface area contributed by atoms with Gasteiger partial charge in [-0.2, -0.15) is 0 Å². The predicted molar refractivity (Wildman–Crippen MR) is 108 cm³/mol. The highest BCUT2D eigenvalue weighted by molar-refractivity contribution is 5.97. The van der Waals surface area contributed by atoms with Crippen LogP contribution in [0.15, 0.2) is 48.5 Å². The van der Waals surface area contributed by atoms with Crippen LogP contribution in [0.4, 0.5) is 15.8 Å². The fraction of sp³-hybridized carbons (Fsp3) is 0.391. The number of aryl methyl sites for hydroxylation is 1. The van der Waals surface area contributed by atoms with Crippen LogP contribution in [-0.2, 0) is 16.0 Å². The SMILES string of the molecule is O=C(Nc1cccc(F)c1)C1CCC(C(=O)N2CCCc3ccccc32)CC1. The Bertz CT molecular complexity index is 874. The zero-order valence-electron chi connectivity index (χ0n) is 15.9. The monoisotopic (exact) mass is 380 g/mol. The average Bonchev–Trinajstić information content (AvgIpc) is 2.73. The predicted octanol–water partition coefficient (Wildman–Crippen LogP) is 4.55. The van der Waals surface area contributed by atoms with Gasteiger partial charge in [-0.25, -0.2) is 4.39 Å². The van der Waals surface area contributed by atoms with Gasteiger partial charge in [0.25, 0.3) is 0 Å². The van der Waals surface area contributed by atoms with Crippen molar-refractivity contribution in [1.29, 1.82) is 0 Å². The van der Waals surface area contributed by atoms with Crippen LogP contribution in [0.1, 0.15) is 37.7 Å². The van der Waals surface area contributed by atoms with Crippen molar-refractivity contribution in [2.75, 3.05) is 16.8 Å². The van der Waals surface area contributed by atoms with E-state index >= 15 is 0 Å². The first-order valence-electron chi connectivity index (χ1n) is 10.1. The Morgan fingerprint density at radius 1 is 0.964 bits per heavy atom. The molecule has 4 rings (SSSR count). The molecule has 146 valence electrons. The fourth-order valence-corrected chi connectivity index (χ4v) is 4.40. The second kappa shape index (κ2) is 8.13. The Labute approximate surface area is 164 Å². The molecule has 1 saturated carbocycles. The van der Waals surface area contributed by atoms with Crippen LogP contribution in [0.25, 0.3) is 0 Å². The molecule has 0 saturated heterocycles. The Morgan fingerprint density at radius 2 is 1.71 bits per heavy atom. The summed E-state index contributed by atoms with van der Waals surface area (Å²) >= 11 is 0.